The highest BCUT2D eigenvalue weighted by Gasteiger charge is 2.43. The smallest absolute Gasteiger partial charge is 0.294 e. The molecule has 0 bridgehead atoms. The zero-order valence-corrected chi connectivity index (χ0v) is 13.5. The van der Waals surface area contributed by atoms with Crippen LogP contribution in [-0.4, -0.2) is 25.4 Å². The molecule has 1 atom stereocenters. The van der Waals surface area contributed by atoms with Crippen molar-refractivity contribution in [2.75, 3.05) is 0 Å². The number of carbonyl (C=O) groups excluding carboxylic acids is 1. The summed E-state index contributed by atoms with van der Waals surface area (Å²) in [4.78, 5) is 14.3. The molecule has 0 aliphatic heterocycles. The molecule has 0 fully saturated rings. The maximum absolute atomic E-state index is 13.3. The number of rotatable bonds is 5. The fourth-order valence-electron chi connectivity index (χ4n) is 1.96. The zero-order valence-electron chi connectivity index (χ0n) is 12.7. The van der Waals surface area contributed by atoms with Crippen LogP contribution in [0.3, 0.4) is 0 Å². The van der Waals surface area contributed by atoms with E-state index in [4.69, 9.17) is 0 Å². The standard InChI is InChI=1S/C15H12F4N2O3S/c1-9(22)11-6-13(8-20-7-11)25(23,24)21-14(15(17,18)19)10-2-4-12(16)5-3-10/h2-8,14,21H,1H3. The lowest BCUT2D eigenvalue weighted by atomic mass is 10.1. The van der Waals surface area contributed by atoms with Crippen molar-refractivity contribution in [1.82, 2.24) is 9.71 Å². The van der Waals surface area contributed by atoms with Crippen LogP contribution in [0.2, 0.25) is 0 Å². The predicted octanol–water partition coefficient (Wildman–Crippen LogP) is 3.01. The number of halogens is 4. The van der Waals surface area contributed by atoms with Gasteiger partial charge in [0.25, 0.3) is 0 Å². The molecule has 1 N–H and O–H groups in total. The zero-order chi connectivity index (χ0) is 18.8. The fraction of sp³-hybridized carbons (Fsp3) is 0.200. The van der Waals surface area contributed by atoms with Gasteiger partial charge in [-0.1, -0.05) is 12.1 Å². The van der Waals surface area contributed by atoms with Gasteiger partial charge in [-0.2, -0.15) is 17.9 Å². The van der Waals surface area contributed by atoms with Crippen LogP contribution in [-0.2, 0) is 10.0 Å². The number of hydrogen-bond donors (Lipinski definition) is 1. The first-order valence-electron chi connectivity index (χ1n) is 6.81. The molecule has 2 aromatic rings. The van der Waals surface area contributed by atoms with Crippen molar-refractivity contribution in [3.05, 3.63) is 59.7 Å². The highest BCUT2D eigenvalue weighted by Crippen LogP contribution is 2.34. The first kappa shape index (κ1) is 19.0. The Balaban J connectivity index is 2.42. The number of aromatic nitrogens is 1. The summed E-state index contributed by atoms with van der Waals surface area (Å²) in [7, 11) is -4.64. The molecule has 0 spiro atoms. The van der Waals surface area contributed by atoms with Crippen molar-refractivity contribution in [3.63, 3.8) is 0 Å². The molecule has 2 rings (SSSR count). The number of benzene rings is 1. The Morgan fingerprint density at radius 3 is 2.28 bits per heavy atom. The third-order valence-electron chi connectivity index (χ3n) is 3.23. The van der Waals surface area contributed by atoms with Gasteiger partial charge in [-0.3, -0.25) is 9.78 Å². The summed E-state index contributed by atoms with van der Waals surface area (Å²) in [6.45, 7) is 1.16. The lowest BCUT2D eigenvalue weighted by molar-refractivity contribution is -0.153. The first-order chi connectivity index (χ1) is 11.5. The van der Waals surface area contributed by atoms with Crippen molar-refractivity contribution >= 4 is 15.8 Å². The maximum atomic E-state index is 13.3. The third-order valence-corrected chi connectivity index (χ3v) is 4.62. The number of Topliss-reactive ketones (excluding diaryl/α,β-unsaturated/α-hetero) is 1. The first-order valence-corrected chi connectivity index (χ1v) is 8.29. The van der Waals surface area contributed by atoms with Crippen LogP contribution >= 0.6 is 0 Å². The second kappa shape index (κ2) is 6.89. The number of nitrogens with zero attached hydrogens (tertiary/aromatic N) is 1. The summed E-state index contributed by atoms with van der Waals surface area (Å²) >= 11 is 0. The van der Waals surface area contributed by atoms with Crippen LogP contribution in [0.15, 0.2) is 47.6 Å². The van der Waals surface area contributed by atoms with E-state index in [9.17, 15) is 30.8 Å². The molecule has 0 aliphatic carbocycles. The summed E-state index contributed by atoms with van der Waals surface area (Å²) in [5.41, 5.74) is -0.540. The molecule has 0 amide bonds. The molecule has 1 aromatic heterocycles. The molecular formula is C15H12F4N2O3S. The molecule has 0 radical (unpaired) electrons. The van der Waals surface area contributed by atoms with Crippen molar-refractivity contribution in [3.8, 4) is 0 Å². The number of sulfonamides is 1. The SMILES string of the molecule is CC(=O)c1cncc(S(=O)(=O)NC(c2ccc(F)cc2)C(F)(F)F)c1. The molecule has 25 heavy (non-hydrogen) atoms. The minimum atomic E-state index is -4.96. The molecular weight excluding hydrogens is 364 g/mol. The van der Waals surface area contributed by atoms with Gasteiger partial charge in [-0.25, -0.2) is 12.8 Å². The number of pyridine rings is 1. The van der Waals surface area contributed by atoms with Gasteiger partial charge < -0.3 is 0 Å². The normalized spacial score (nSPS) is 13.5. The average Bonchev–Trinajstić information content (AvgIpc) is 2.53. The van der Waals surface area contributed by atoms with Crippen LogP contribution in [0.5, 0.6) is 0 Å². The molecule has 134 valence electrons. The van der Waals surface area contributed by atoms with Gasteiger partial charge in [0.1, 0.15) is 16.8 Å². The topological polar surface area (TPSA) is 76.1 Å². The molecule has 0 aliphatic rings. The van der Waals surface area contributed by atoms with Gasteiger partial charge >= 0.3 is 6.18 Å². The lowest BCUT2D eigenvalue weighted by Crippen LogP contribution is -2.38. The van der Waals surface area contributed by atoms with Crippen molar-refractivity contribution in [2.45, 2.75) is 24.0 Å². The fourth-order valence-corrected chi connectivity index (χ4v) is 3.16. The monoisotopic (exact) mass is 376 g/mol. The molecule has 0 saturated carbocycles. The van der Waals surface area contributed by atoms with Crippen LogP contribution in [0.25, 0.3) is 0 Å². The Morgan fingerprint density at radius 2 is 1.76 bits per heavy atom. The van der Waals surface area contributed by atoms with Crippen LogP contribution < -0.4 is 4.72 Å². The Hall–Kier alpha value is -2.33. The average molecular weight is 376 g/mol. The van der Waals surface area contributed by atoms with Crippen LogP contribution in [0.4, 0.5) is 17.6 Å². The lowest BCUT2D eigenvalue weighted by Gasteiger charge is -2.22. The Kier molecular flexibility index (Phi) is 5.23. The number of nitrogens with one attached hydrogen (secondary N) is 1. The summed E-state index contributed by atoms with van der Waals surface area (Å²) in [6.07, 6.45) is -3.04. The van der Waals surface area contributed by atoms with Crippen molar-refractivity contribution < 1.29 is 30.8 Å². The minimum Gasteiger partial charge on any atom is -0.294 e. The molecule has 0 saturated heterocycles. The highest BCUT2D eigenvalue weighted by molar-refractivity contribution is 7.89. The van der Waals surface area contributed by atoms with E-state index in [0.29, 0.717) is 0 Å². The quantitative estimate of drug-likeness (QED) is 0.643. The van der Waals surface area contributed by atoms with E-state index >= 15 is 0 Å². The van der Waals surface area contributed by atoms with Gasteiger partial charge in [-0.05, 0) is 30.7 Å². The summed E-state index contributed by atoms with van der Waals surface area (Å²) in [6, 6.07) is 1.59. The molecule has 1 heterocycles. The van der Waals surface area contributed by atoms with Gasteiger partial charge in [-0.15, -0.1) is 0 Å². The number of hydrogen-bond acceptors (Lipinski definition) is 4. The number of alkyl halides is 3. The van der Waals surface area contributed by atoms with E-state index in [1.165, 1.54) is 4.72 Å². The molecule has 5 nitrogen and oxygen atoms in total. The Morgan fingerprint density at radius 1 is 1.16 bits per heavy atom. The van der Waals surface area contributed by atoms with Gasteiger partial charge in [0.15, 0.2) is 5.78 Å². The van der Waals surface area contributed by atoms with Gasteiger partial charge in [0, 0.05) is 18.0 Å². The number of ketones is 1. The molecule has 1 unspecified atom stereocenters. The van der Waals surface area contributed by atoms with E-state index in [0.717, 1.165) is 49.6 Å². The molecule has 1 aromatic carbocycles. The van der Waals surface area contributed by atoms with E-state index in [1.807, 2.05) is 0 Å². The van der Waals surface area contributed by atoms with Crippen LogP contribution in [0.1, 0.15) is 28.9 Å². The van der Waals surface area contributed by atoms with Gasteiger partial charge in [0.2, 0.25) is 10.0 Å². The van der Waals surface area contributed by atoms with E-state index in [1.54, 1.807) is 0 Å². The largest absolute Gasteiger partial charge is 0.408 e. The second-order valence-corrected chi connectivity index (χ2v) is 6.83. The summed E-state index contributed by atoms with van der Waals surface area (Å²) in [5, 5.41) is 0. The van der Waals surface area contributed by atoms with Crippen LogP contribution in [0, 0.1) is 5.82 Å². The van der Waals surface area contributed by atoms with E-state index in [2.05, 4.69) is 4.98 Å². The summed E-state index contributed by atoms with van der Waals surface area (Å²) in [5.74, 6) is -1.25. The highest BCUT2D eigenvalue weighted by atomic mass is 32.2. The van der Waals surface area contributed by atoms with Crippen molar-refractivity contribution in [2.24, 2.45) is 0 Å². The number of carbonyl (C=O) groups is 1. The van der Waals surface area contributed by atoms with Gasteiger partial charge in [0.05, 0.1) is 0 Å². The van der Waals surface area contributed by atoms with Crippen molar-refractivity contribution in [1.29, 1.82) is 0 Å². The van der Waals surface area contributed by atoms with E-state index < -0.39 is 44.3 Å². The maximum Gasteiger partial charge on any atom is 0.408 e. The Labute approximate surface area is 140 Å². The molecule has 10 heteroatoms. The predicted molar refractivity (Wildman–Crippen MR) is 79.8 cm³/mol. The van der Waals surface area contributed by atoms with E-state index in [-0.39, 0.29) is 5.56 Å². The third kappa shape index (κ3) is 4.60. The summed E-state index contributed by atoms with van der Waals surface area (Å²) < 4.78 is 78.8. The Bertz CT molecular complexity index is 880. The second-order valence-electron chi connectivity index (χ2n) is 5.11. The minimum absolute atomic E-state index is 0.0618.